The van der Waals surface area contributed by atoms with Crippen molar-refractivity contribution < 1.29 is 4.79 Å². The SMILES string of the molecule is Cc1cc(N2CC3CCCN3CC2C)ccc1C=O. The van der Waals surface area contributed by atoms with Crippen molar-refractivity contribution in [1.29, 1.82) is 0 Å². The van der Waals surface area contributed by atoms with E-state index < -0.39 is 0 Å². The molecule has 1 aromatic rings. The van der Waals surface area contributed by atoms with Gasteiger partial charge < -0.3 is 4.90 Å². The fourth-order valence-corrected chi connectivity index (χ4v) is 3.52. The van der Waals surface area contributed by atoms with Crippen molar-refractivity contribution in [2.45, 2.75) is 38.8 Å². The lowest BCUT2D eigenvalue weighted by molar-refractivity contribution is 0.112. The van der Waals surface area contributed by atoms with Crippen molar-refractivity contribution in [3.05, 3.63) is 29.3 Å². The molecule has 0 aromatic heterocycles. The number of piperazine rings is 1. The maximum Gasteiger partial charge on any atom is 0.150 e. The molecule has 2 unspecified atom stereocenters. The summed E-state index contributed by atoms with van der Waals surface area (Å²) in [7, 11) is 0. The number of fused-ring (bicyclic) bond motifs is 1. The van der Waals surface area contributed by atoms with Gasteiger partial charge in [0.2, 0.25) is 0 Å². The van der Waals surface area contributed by atoms with E-state index >= 15 is 0 Å². The van der Waals surface area contributed by atoms with Gasteiger partial charge in [0.15, 0.2) is 0 Å². The first-order valence-corrected chi connectivity index (χ1v) is 7.25. The van der Waals surface area contributed by atoms with Crippen LogP contribution in [0, 0.1) is 6.92 Å². The van der Waals surface area contributed by atoms with E-state index in [-0.39, 0.29) is 0 Å². The number of rotatable bonds is 2. The summed E-state index contributed by atoms with van der Waals surface area (Å²) >= 11 is 0. The third kappa shape index (κ3) is 2.27. The van der Waals surface area contributed by atoms with Gasteiger partial charge in [-0.3, -0.25) is 9.69 Å². The maximum atomic E-state index is 10.9. The third-order valence-corrected chi connectivity index (χ3v) is 4.65. The standard InChI is InChI=1S/C16H22N2O/c1-12-8-15(6-5-14(12)11-19)18-10-16-4-3-7-17(16)9-13(18)2/h5-6,8,11,13,16H,3-4,7,9-10H2,1-2H3. The summed E-state index contributed by atoms with van der Waals surface area (Å²) in [6, 6.07) is 7.48. The second-order valence-electron chi connectivity index (χ2n) is 5.95. The van der Waals surface area contributed by atoms with Gasteiger partial charge in [0, 0.05) is 36.4 Å². The molecular weight excluding hydrogens is 236 g/mol. The van der Waals surface area contributed by atoms with Crippen molar-refractivity contribution >= 4 is 12.0 Å². The van der Waals surface area contributed by atoms with Crippen LogP contribution in [0.25, 0.3) is 0 Å². The van der Waals surface area contributed by atoms with Crippen molar-refractivity contribution in [2.75, 3.05) is 24.5 Å². The molecule has 3 heteroatoms. The van der Waals surface area contributed by atoms with Gasteiger partial charge in [0.05, 0.1) is 0 Å². The van der Waals surface area contributed by atoms with Crippen LogP contribution in [0.15, 0.2) is 18.2 Å². The van der Waals surface area contributed by atoms with E-state index in [0.29, 0.717) is 6.04 Å². The predicted octanol–water partition coefficient (Wildman–Crippen LogP) is 2.48. The van der Waals surface area contributed by atoms with E-state index in [0.717, 1.165) is 30.0 Å². The molecule has 0 N–H and O–H groups in total. The number of benzene rings is 1. The highest BCUT2D eigenvalue weighted by Crippen LogP contribution is 2.29. The molecule has 2 atom stereocenters. The smallest absolute Gasteiger partial charge is 0.150 e. The fraction of sp³-hybridized carbons (Fsp3) is 0.562. The number of aryl methyl sites for hydroxylation is 1. The van der Waals surface area contributed by atoms with E-state index in [9.17, 15) is 4.79 Å². The number of hydrogen-bond acceptors (Lipinski definition) is 3. The van der Waals surface area contributed by atoms with Crippen LogP contribution < -0.4 is 4.90 Å². The molecule has 0 saturated carbocycles. The van der Waals surface area contributed by atoms with Crippen LogP contribution in [0.3, 0.4) is 0 Å². The monoisotopic (exact) mass is 258 g/mol. The minimum Gasteiger partial charge on any atom is -0.366 e. The minimum absolute atomic E-state index is 0.552. The van der Waals surface area contributed by atoms with Crippen LogP contribution in [0.1, 0.15) is 35.7 Å². The molecule has 1 aromatic carbocycles. The first-order valence-electron chi connectivity index (χ1n) is 7.25. The van der Waals surface area contributed by atoms with Crippen LogP contribution >= 0.6 is 0 Å². The Morgan fingerprint density at radius 1 is 1.32 bits per heavy atom. The molecule has 19 heavy (non-hydrogen) atoms. The Hall–Kier alpha value is -1.35. The molecule has 0 aliphatic carbocycles. The van der Waals surface area contributed by atoms with Crippen LogP contribution in [0.5, 0.6) is 0 Å². The summed E-state index contributed by atoms with van der Waals surface area (Å²) < 4.78 is 0. The summed E-state index contributed by atoms with van der Waals surface area (Å²) in [5.74, 6) is 0. The first-order chi connectivity index (χ1) is 9.19. The van der Waals surface area contributed by atoms with Gasteiger partial charge >= 0.3 is 0 Å². The first kappa shape index (κ1) is 12.7. The quantitative estimate of drug-likeness (QED) is 0.761. The Morgan fingerprint density at radius 2 is 2.16 bits per heavy atom. The molecule has 2 fully saturated rings. The summed E-state index contributed by atoms with van der Waals surface area (Å²) in [6.45, 7) is 7.88. The van der Waals surface area contributed by atoms with Gasteiger partial charge in [-0.1, -0.05) is 0 Å². The summed E-state index contributed by atoms with van der Waals surface area (Å²) in [6.07, 6.45) is 3.61. The molecule has 0 spiro atoms. The molecule has 0 amide bonds. The third-order valence-electron chi connectivity index (χ3n) is 4.65. The lowest BCUT2D eigenvalue weighted by Crippen LogP contribution is -2.55. The van der Waals surface area contributed by atoms with Crippen LogP contribution in [-0.2, 0) is 0 Å². The Balaban J connectivity index is 1.84. The molecule has 3 nitrogen and oxygen atoms in total. The van der Waals surface area contributed by atoms with Gasteiger partial charge in [0.25, 0.3) is 0 Å². The van der Waals surface area contributed by atoms with E-state index in [1.165, 1.54) is 31.6 Å². The highest BCUT2D eigenvalue weighted by Gasteiger charge is 2.34. The zero-order valence-corrected chi connectivity index (χ0v) is 11.8. The van der Waals surface area contributed by atoms with Crippen LogP contribution in [0.2, 0.25) is 0 Å². The number of hydrogen-bond donors (Lipinski definition) is 0. The van der Waals surface area contributed by atoms with Crippen molar-refractivity contribution in [2.24, 2.45) is 0 Å². The lowest BCUT2D eigenvalue weighted by Gasteiger charge is -2.43. The predicted molar refractivity (Wildman–Crippen MR) is 78.0 cm³/mol. The largest absolute Gasteiger partial charge is 0.366 e. The van der Waals surface area contributed by atoms with E-state index in [4.69, 9.17) is 0 Å². The Bertz CT molecular complexity index is 486. The number of anilines is 1. The number of carbonyl (C=O) groups is 1. The topological polar surface area (TPSA) is 23.6 Å². The Kier molecular flexibility index (Phi) is 3.31. The highest BCUT2D eigenvalue weighted by molar-refractivity contribution is 5.78. The zero-order valence-electron chi connectivity index (χ0n) is 11.8. The van der Waals surface area contributed by atoms with Gasteiger partial charge in [-0.05, 0) is 57.0 Å². The average Bonchev–Trinajstić information content (AvgIpc) is 2.84. The molecule has 2 aliphatic rings. The minimum atomic E-state index is 0.552. The number of aldehydes is 1. The average molecular weight is 258 g/mol. The van der Waals surface area contributed by atoms with E-state index in [2.05, 4.69) is 28.9 Å². The molecule has 2 saturated heterocycles. The molecule has 3 rings (SSSR count). The molecule has 0 radical (unpaired) electrons. The van der Waals surface area contributed by atoms with Gasteiger partial charge in [0.1, 0.15) is 6.29 Å². The zero-order chi connectivity index (χ0) is 13.4. The molecule has 102 valence electrons. The molecule has 2 heterocycles. The van der Waals surface area contributed by atoms with Gasteiger partial charge in [-0.2, -0.15) is 0 Å². The Labute approximate surface area is 115 Å². The summed E-state index contributed by atoms with van der Waals surface area (Å²) in [4.78, 5) is 16.0. The summed E-state index contributed by atoms with van der Waals surface area (Å²) in [5.41, 5.74) is 3.15. The fourth-order valence-electron chi connectivity index (χ4n) is 3.52. The van der Waals surface area contributed by atoms with Crippen LogP contribution in [0.4, 0.5) is 5.69 Å². The normalized spacial score (nSPS) is 27.4. The molecule has 0 bridgehead atoms. The van der Waals surface area contributed by atoms with Crippen molar-refractivity contribution in [3.8, 4) is 0 Å². The van der Waals surface area contributed by atoms with Gasteiger partial charge in [-0.25, -0.2) is 0 Å². The number of nitrogens with zero attached hydrogens (tertiary/aromatic N) is 2. The van der Waals surface area contributed by atoms with E-state index in [1.54, 1.807) is 0 Å². The summed E-state index contributed by atoms with van der Waals surface area (Å²) in [5, 5.41) is 0. The molecular formula is C16H22N2O. The van der Waals surface area contributed by atoms with Crippen LogP contribution in [-0.4, -0.2) is 42.9 Å². The maximum absolute atomic E-state index is 10.9. The lowest BCUT2D eigenvalue weighted by atomic mass is 10.0. The van der Waals surface area contributed by atoms with Gasteiger partial charge in [-0.15, -0.1) is 0 Å². The second kappa shape index (κ2) is 4.97. The highest BCUT2D eigenvalue weighted by atomic mass is 16.1. The van der Waals surface area contributed by atoms with E-state index in [1.807, 2.05) is 13.0 Å². The van der Waals surface area contributed by atoms with Crippen molar-refractivity contribution in [3.63, 3.8) is 0 Å². The number of carbonyl (C=O) groups excluding carboxylic acids is 1. The Morgan fingerprint density at radius 3 is 2.89 bits per heavy atom. The van der Waals surface area contributed by atoms with Crippen molar-refractivity contribution in [1.82, 2.24) is 4.90 Å². The second-order valence-corrected chi connectivity index (χ2v) is 5.95. The molecule has 2 aliphatic heterocycles.